The van der Waals surface area contributed by atoms with Gasteiger partial charge >= 0.3 is 0 Å². The van der Waals surface area contributed by atoms with Gasteiger partial charge in [-0.15, -0.1) is 0 Å². The number of hydrogen-bond donors (Lipinski definition) is 2. The molecule has 2 aliphatic rings. The number of piperidine rings is 1. The molecule has 0 unspecified atom stereocenters. The van der Waals surface area contributed by atoms with Crippen LogP contribution in [0.15, 0.2) is 0 Å². The fraction of sp³-hybridized carbons (Fsp3) is 1.00. The van der Waals surface area contributed by atoms with E-state index < -0.39 is 5.60 Å². The Balaban J connectivity index is 2.12. The summed E-state index contributed by atoms with van der Waals surface area (Å²) in [5.41, 5.74) is -0.818. The van der Waals surface area contributed by atoms with E-state index >= 15 is 0 Å². The minimum atomic E-state index is -0.616. The van der Waals surface area contributed by atoms with Crippen LogP contribution in [0.3, 0.4) is 0 Å². The van der Waals surface area contributed by atoms with E-state index in [-0.39, 0.29) is 12.0 Å². The van der Waals surface area contributed by atoms with Gasteiger partial charge < -0.3 is 15.1 Å². The van der Waals surface area contributed by atoms with E-state index in [1.807, 2.05) is 0 Å². The number of aliphatic hydroxyl groups excluding tert-OH is 1. The van der Waals surface area contributed by atoms with Gasteiger partial charge in [-0.1, -0.05) is 19.3 Å². The Labute approximate surface area is 98.5 Å². The fourth-order valence-electron chi connectivity index (χ4n) is 3.52. The molecule has 0 amide bonds. The van der Waals surface area contributed by atoms with Crippen molar-refractivity contribution in [2.24, 2.45) is 5.41 Å². The first-order valence-corrected chi connectivity index (χ1v) is 6.64. The molecule has 2 rings (SSSR count). The van der Waals surface area contributed by atoms with Crippen LogP contribution in [-0.2, 0) is 0 Å². The summed E-state index contributed by atoms with van der Waals surface area (Å²) in [6.07, 6.45) is 7.25. The van der Waals surface area contributed by atoms with Crippen molar-refractivity contribution in [3.8, 4) is 0 Å². The van der Waals surface area contributed by atoms with Crippen LogP contribution in [0, 0.1) is 5.41 Å². The van der Waals surface area contributed by atoms with Crippen LogP contribution < -0.4 is 0 Å². The predicted molar refractivity (Wildman–Crippen MR) is 64.3 cm³/mol. The zero-order valence-corrected chi connectivity index (χ0v) is 10.4. The van der Waals surface area contributed by atoms with Crippen LogP contribution in [0.5, 0.6) is 0 Å². The van der Waals surface area contributed by atoms with Crippen molar-refractivity contribution in [3.05, 3.63) is 0 Å². The average Bonchev–Trinajstić information content (AvgIpc) is 2.34. The van der Waals surface area contributed by atoms with Gasteiger partial charge in [0.1, 0.15) is 0 Å². The van der Waals surface area contributed by atoms with Crippen LogP contribution in [0.4, 0.5) is 0 Å². The monoisotopic (exact) mass is 227 g/mol. The molecule has 1 aliphatic carbocycles. The maximum atomic E-state index is 10.9. The van der Waals surface area contributed by atoms with Crippen molar-refractivity contribution >= 4 is 0 Å². The summed E-state index contributed by atoms with van der Waals surface area (Å²) in [5, 5.41) is 20.6. The molecule has 1 heterocycles. The van der Waals surface area contributed by atoms with Crippen LogP contribution in [0.25, 0.3) is 0 Å². The molecule has 0 radical (unpaired) electrons. The van der Waals surface area contributed by atoms with Crippen molar-refractivity contribution in [3.63, 3.8) is 0 Å². The first kappa shape index (κ1) is 12.3. The number of likely N-dealkylation sites (tertiary alicyclic amines) is 1. The van der Waals surface area contributed by atoms with E-state index in [2.05, 4.69) is 11.9 Å². The molecule has 0 atom stereocenters. The summed E-state index contributed by atoms with van der Waals surface area (Å²) in [7, 11) is 2.10. The van der Waals surface area contributed by atoms with Gasteiger partial charge in [0, 0.05) is 18.5 Å². The zero-order chi connectivity index (χ0) is 11.6. The van der Waals surface area contributed by atoms with Crippen molar-refractivity contribution in [1.82, 2.24) is 4.90 Å². The average molecular weight is 227 g/mol. The summed E-state index contributed by atoms with van der Waals surface area (Å²) < 4.78 is 0. The van der Waals surface area contributed by atoms with Gasteiger partial charge in [0.2, 0.25) is 0 Å². The maximum absolute atomic E-state index is 10.9. The second kappa shape index (κ2) is 4.63. The highest BCUT2D eigenvalue weighted by Crippen LogP contribution is 2.48. The molecular weight excluding hydrogens is 202 g/mol. The fourth-order valence-corrected chi connectivity index (χ4v) is 3.52. The lowest BCUT2D eigenvalue weighted by molar-refractivity contribution is -0.153. The van der Waals surface area contributed by atoms with Crippen LogP contribution in [0.1, 0.15) is 44.9 Å². The zero-order valence-electron chi connectivity index (χ0n) is 10.4. The van der Waals surface area contributed by atoms with Crippen LogP contribution in [0.2, 0.25) is 0 Å². The first-order chi connectivity index (χ1) is 7.62. The highest BCUT2D eigenvalue weighted by Gasteiger charge is 2.50. The van der Waals surface area contributed by atoms with Crippen molar-refractivity contribution in [2.45, 2.75) is 50.5 Å². The Morgan fingerprint density at radius 1 is 1.00 bits per heavy atom. The molecule has 0 aromatic carbocycles. The SMILES string of the molecule is CN1CCC(O)(C2(CO)CCCCC2)CC1. The largest absolute Gasteiger partial charge is 0.396 e. The highest BCUT2D eigenvalue weighted by molar-refractivity contribution is 5.02. The molecule has 0 bridgehead atoms. The van der Waals surface area contributed by atoms with E-state index in [4.69, 9.17) is 0 Å². The molecule has 1 aliphatic heterocycles. The van der Waals surface area contributed by atoms with Crippen LogP contribution >= 0.6 is 0 Å². The molecule has 2 fully saturated rings. The Kier molecular flexibility index (Phi) is 3.57. The minimum Gasteiger partial charge on any atom is -0.396 e. The molecule has 1 saturated heterocycles. The Morgan fingerprint density at radius 2 is 1.56 bits per heavy atom. The van der Waals surface area contributed by atoms with Gasteiger partial charge in [0.15, 0.2) is 0 Å². The molecule has 0 aromatic rings. The molecular formula is C13H25NO2. The number of hydrogen-bond acceptors (Lipinski definition) is 3. The molecule has 16 heavy (non-hydrogen) atoms. The second-order valence-electron chi connectivity index (χ2n) is 5.83. The van der Waals surface area contributed by atoms with E-state index in [9.17, 15) is 10.2 Å². The van der Waals surface area contributed by atoms with Gasteiger partial charge in [-0.3, -0.25) is 0 Å². The number of rotatable bonds is 2. The summed E-state index contributed by atoms with van der Waals surface area (Å²) in [5.74, 6) is 0. The predicted octanol–water partition coefficient (Wildman–Crippen LogP) is 1.39. The summed E-state index contributed by atoms with van der Waals surface area (Å²) in [6.45, 7) is 2.07. The number of nitrogens with zero attached hydrogens (tertiary/aromatic N) is 1. The van der Waals surface area contributed by atoms with E-state index in [0.717, 1.165) is 38.8 Å². The van der Waals surface area contributed by atoms with Gasteiger partial charge in [-0.05, 0) is 32.7 Å². The normalized spacial score (nSPS) is 30.2. The molecule has 0 aromatic heterocycles. The molecule has 0 spiro atoms. The third kappa shape index (κ3) is 2.01. The van der Waals surface area contributed by atoms with Crippen LogP contribution in [-0.4, -0.2) is 47.5 Å². The van der Waals surface area contributed by atoms with Gasteiger partial charge in [0.25, 0.3) is 0 Å². The first-order valence-electron chi connectivity index (χ1n) is 6.64. The standard InChI is InChI=1S/C13H25NO2/c1-14-9-7-13(16,8-10-14)12(11-15)5-3-2-4-6-12/h15-16H,2-11H2,1H3. The molecule has 94 valence electrons. The minimum absolute atomic E-state index is 0.160. The summed E-state index contributed by atoms with van der Waals surface area (Å²) in [6, 6.07) is 0. The molecule has 3 nitrogen and oxygen atoms in total. The highest BCUT2D eigenvalue weighted by atomic mass is 16.3. The maximum Gasteiger partial charge on any atom is 0.0749 e. The lowest BCUT2D eigenvalue weighted by Gasteiger charge is -2.51. The van der Waals surface area contributed by atoms with E-state index in [0.29, 0.717) is 0 Å². The Morgan fingerprint density at radius 3 is 2.06 bits per heavy atom. The molecule has 1 saturated carbocycles. The lowest BCUT2D eigenvalue weighted by atomic mass is 9.60. The third-order valence-electron chi connectivity index (χ3n) is 4.91. The van der Waals surface area contributed by atoms with E-state index in [1.54, 1.807) is 0 Å². The summed E-state index contributed by atoms with van der Waals surface area (Å²) >= 11 is 0. The Bertz CT molecular complexity index is 228. The molecule has 3 heteroatoms. The quantitative estimate of drug-likeness (QED) is 0.749. The van der Waals surface area contributed by atoms with Gasteiger partial charge in [-0.25, -0.2) is 0 Å². The smallest absolute Gasteiger partial charge is 0.0749 e. The number of aliphatic hydroxyl groups is 2. The topological polar surface area (TPSA) is 43.7 Å². The van der Waals surface area contributed by atoms with Gasteiger partial charge in [0.05, 0.1) is 12.2 Å². The van der Waals surface area contributed by atoms with Crippen molar-refractivity contribution in [2.75, 3.05) is 26.7 Å². The summed E-state index contributed by atoms with van der Waals surface area (Å²) in [4.78, 5) is 2.27. The Hall–Kier alpha value is -0.120. The third-order valence-corrected chi connectivity index (χ3v) is 4.91. The van der Waals surface area contributed by atoms with Gasteiger partial charge in [-0.2, -0.15) is 0 Å². The van der Waals surface area contributed by atoms with Crippen molar-refractivity contribution in [1.29, 1.82) is 0 Å². The lowest BCUT2D eigenvalue weighted by Crippen LogP contribution is -2.56. The van der Waals surface area contributed by atoms with Crippen molar-refractivity contribution < 1.29 is 10.2 Å². The second-order valence-corrected chi connectivity index (χ2v) is 5.83. The van der Waals surface area contributed by atoms with E-state index in [1.165, 1.54) is 19.3 Å². The molecule has 2 N–H and O–H groups in total.